The topological polar surface area (TPSA) is 83.1 Å². The Hall–Kier alpha value is -2.35. The Kier molecular flexibility index (Phi) is 4.57. The van der Waals surface area contributed by atoms with Gasteiger partial charge in [0, 0.05) is 51.2 Å². The minimum absolute atomic E-state index is 0.106. The highest BCUT2D eigenvalue weighted by Crippen LogP contribution is 2.29. The highest BCUT2D eigenvalue weighted by atomic mass is 16.3. The number of fused-ring (bicyclic) bond motifs is 1. The second-order valence-electron chi connectivity index (χ2n) is 6.41. The highest BCUT2D eigenvalue weighted by Gasteiger charge is 2.36. The summed E-state index contributed by atoms with van der Waals surface area (Å²) in [4.78, 5) is 25.8. The van der Waals surface area contributed by atoms with Crippen molar-refractivity contribution in [1.29, 1.82) is 0 Å². The summed E-state index contributed by atoms with van der Waals surface area (Å²) in [5.74, 6) is 0.106. The number of aromatic nitrogens is 3. The van der Waals surface area contributed by atoms with Gasteiger partial charge in [-0.1, -0.05) is 0 Å². The van der Waals surface area contributed by atoms with Gasteiger partial charge in [0.2, 0.25) is 0 Å². The van der Waals surface area contributed by atoms with E-state index in [9.17, 15) is 4.79 Å². The predicted octanol–water partition coefficient (Wildman–Crippen LogP) is 0.682. The number of hydrogen-bond donors (Lipinski definition) is 1. The minimum Gasteiger partial charge on any atom is -0.483 e. The zero-order chi connectivity index (χ0) is 17.3. The van der Waals surface area contributed by atoms with Gasteiger partial charge in [0.05, 0.1) is 6.20 Å². The number of rotatable bonds is 2. The lowest BCUT2D eigenvalue weighted by Gasteiger charge is -2.40. The number of hydrogen-bond acceptors (Lipinski definition) is 4. The average molecular weight is 333 g/mol. The molecule has 4 rings (SSSR count). The number of carboxylic acid groups (broad SMARTS) is 1. The summed E-state index contributed by atoms with van der Waals surface area (Å²) in [5.41, 5.74) is 1.58. The van der Waals surface area contributed by atoms with Gasteiger partial charge in [-0.3, -0.25) is 14.5 Å². The van der Waals surface area contributed by atoms with Crippen LogP contribution in [0.15, 0.2) is 18.6 Å². The van der Waals surface area contributed by atoms with Crippen LogP contribution in [0.3, 0.4) is 0 Å². The Bertz CT molecular complexity index is 733. The Labute approximate surface area is 140 Å². The van der Waals surface area contributed by atoms with Gasteiger partial charge in [-0.25, -0.2) is 4.52 Å². The number of piperazine rings is 1. The van der Waals surface area contributed by atoms with Crippen LogP contribution in [0.5, 0.6) is 0 Å². The van der Waals surface area contributed by atoms with Crippen LogP contribution < -0.4 is 0 Å². The fourth-order valence-corrected chi connectivity index (χ4v) is 3.41. The number of carbonyl (C=O) groups is 2. The van der Waals surface area contributed by atoms with E-state index in [1.807, 2.05) is 28.9 Å². The van der Waals surface area contributed by atoms with E-state index in [4.69, 9.17) is 9.90 Å². The first-order valence-electron chi connectivity index (χ1n) is 8.18. The summed E-state index contributed by atoms with van der Waals surface area (Å²) in [7, 11) is 1.95. The van der Waals surface area contributed by atoms with Gasteiger partial charge in [0.25, 0.3) is 12.4 Å². The van der Waals surface area contributed by atoms with Gasteiger partial charge in [-0.05, 0) is 19.8 Å². The van der Waals surface area contributed by atoms with Gasteiger partial charge >= 0.3 is 0 Å². The highest BCUT2D eigenvalue weighted by molar-refractivity contribution is 6.00. The van der Waals surface area contributed by atoms with E-state index in [0.717, 1.165) is 31.3 Å². The van der Waals surface area contributed by atoms with Crippen LogP contribution >= 0.6 is 0 Å². The van der Waals surface area contributed by atoms with E-state index in [2.05, 4.69) is 16.9 Å². The van der Waals surface area contributed by atoms with Crippen molar-refractivity contribution in [1.82, 2.24) is 24.0 Å². The fourth-order valence-electron chi connectivity index (χ4n) is 3.41. The van der Waals surface area contributed by atoms with Crippen LogP contribution in [-0.2, 0) is 11.8 Å². The van der Waals surface area contributed by atoms with Gasteiger partial charge in [0.15, 0.2) is 0 Å². The van der Waals surface area contributed by atoms with Crippen molar-refractivity contribution < 1.29 is 14.7 Å². The molecule has 1 atom stereocenters. The molecule has 1 aliphatic heterocycles. The normalized spacial score (nSPS) is 21.4. The quantitative estimate of drug-likeness (QED) is 0.817. The molecule has 1 saturated heterocycles. The van der Waals surface area contributed by atoms with E-state index in [-0.39, 0.29) is 18.4 Å². The number of carbonyl (C=O) groups excluding carboxylic acids is 1. The lowest BCUT2D eigenvalue weighted by atomic mass is 10.1. The smallest absolute Gasteiger partial charge is 0.290 e. The second kappa shape index (κ2) is 6.64. The molecule has 24 heavy (non-hydrogen) atoms. The predicted molar refractivity (Wildman–Crippen MR) is 87.9 cm³/mol. The molecular weight excluding hydrogens is 310 g/mol. The maximum absolute atomic E-state index is 12.9. The third kappa shape index (κ3) is 3.01. The number of imidazole rings is 1. The second-order valence-corrected chi connectivity index (χ2v) is 6.41. The van der Waals surface area contributed by atoms with Crippen LogP contribution in [-0.4, -0.2) is 73.2 Å². The number of nitrogens with zero attached hydrogens (tertiary/aromatic N) is 5. The van der Waals surface area contributed by atoms with Gasteiger partial charge in [-0.2, -0.15) is 5.10 Å². The molecule has 0 bridgehead atoms. The third-order valence-corrected chi connectivity index (χ3v) is 4.75. The first kappa shape index (κ1) is 16.5. The summed E-state index contributed by atoms with van der Waals surface area (Å²) >= 11 is 0. The van der Waals surface area contributed by atoms with Crippen molar-refractivity contribution in [2.75, 3.05) is 19.6 Å². The Morgan fingerprint density at radius 1 is 1.33 bits per heavy atom. The van der Waals surface area contributed by atoms with Crippen LogP contribution in [0.1, 0.15) is 30.1 Å². The Morgan fingerprint density at radius 2 is 2.04 bits per heavy atom. The van der Waals surface area contributed by atoms with E-state index < -0.39 is 0 Å². The lowest BCUT2D eigenvalue weighted by molar-refractivity contribution is -0.122. The van der Waals surface area contributed by atoms with Crippen molar-refractivity contribution in [2.24, 2.45) is 7.05 Å². The molecule has 2 aromatic rings. The molecule has 1 N–H and O–H groups in total. The van der Waals surface area contributed by atoms with E-state index >= 15 is 0 Å². The van der Waals surface area contributed by atoms with Gasteiger partial charge in [0.1, 0.15) is 11.2 Å². The molecule has 1 amide bonds. The molecule has 1 unspecified atom stereocenters. The van der Waals surface area contributed by atoms with Gasteiger partial charge < -0.3 is 14.6 Å². The van der Waals surface area contributed by atoms with Crippen molar-refractivity contribution >= 4 is 18.0 Å². The zero-order valence-corrected chi connectivity index (χ0v) is 14.0. The average Bonchev–Trinajstić information content (AvgIpc) is 3.22. The molecule has 3 heterocycles. The summed E-state index contributed by atoms with van der Waals surface area (Å²) in [6, 6.07) is 1.04. The zero-order valence-electron chi connectivity index (χ0n) is 14.0. The number of aryl methyl sites for hydroxylation is 1. The van der Waals surface area contributed by atoms with Crippen molar-refractivity contribution in [3.8, 4) is 0 Å². The molecule has 2 aromatic heterocycles. The van der Waals surface area contributed by atoms with Crippen molar-refractivity contribution in [3.63, 3.8) is 0 Å². The molecule has 1 aliphatic carbocycles. The van der Waals surface area contributed by atoms with E-state index in [1.165, 1.54) is 12.8 Å². The maximum Gasteiger partial charge on any atom is 0.290 e. The summed E-state index contributed by atoms with van der Waals surface area (Å²) in [6.45, 7) is 4.71. The Balaban J connectivity index is 0.000000526. The van der Waals surface area contributed by atoms with Crippen LogP contribution in [0, 0.1) is 0 Å². The third-order valence-electron chi connectivity index (χ3n) is 4.75. The maximum atomic E-state index is 12.9. The van der Waals surface area contributed by atoms with Crippen LogP contribution in [0.2, 0.25) is 0 Å². The van der Waals surface area contributed by atoms with Crippen molar-refractivity contribution in [3.05, 3.63) is 24.2 Å². The van der Waals surface area contributed by atoms with E-state index in [0.29, 0.717) is 5.56 Å². The molecule has 0 radical (unpaired) electrons. The van der Waals surface area contributed by atoms with Crippen molar-refractivity contribution in [2.45, 2.75) is 31.8 Å². The molecular formula is C16H23N5O3. The SMILES string of the molecule is CC1CN(C2CC2)CCN1C(=O)c1cnn2ccn(C)c12.O=CO. The van der Waals surface area contributed by atoms with Gasteiger partial charge in [-0.15, -0.1) is 0 Å². The lowest BCUT2D eigenvalue weighted by Crippen LogP contribution is -2.54. The molecule has 8 nitrogen and oxygen atoms in total. The summed E-state index contributed by atoms with van der Waals surface area (Å²) < 4.78 is 3.71. The monoisotopic (exact) mass is 333 g/mol. The molecule has 0 spiro atoms. The van der Waals surface area contributed by atoms with Crippen LogP contribution in [0.25, 0.3) is 5.65 Å². The fraction of sp³-hybridized carbons (Fsp3) is 0.562. The molecule has 2 aliphatic rings. The molecule has 2 fully saturated rings. The summed E-state index contributed by atoms with van der Waals surface area (Å²) in [6.07, 6.45) is 8.15. The van der Waals surface area contributed by atoms with E-state index in [1.54, 1.807) is 10.7 Å². The molecule has 0 aromatic carbocycles. The molecule has 8 heteroatoms. The Morgan fingerprint density at radius 3 is 2.67 bits per heavy atom. The largest absolute Gasteiger partial charge is 0.483 e. The van der Waals surface area contributed by atoms with Crippen LogP contribution in [0.4, 0.5) is 0 Å². The minimum atomic E-state index is -0.250. The first-order valence-corrected chi connectivity index (χ1v) is 8.18. The first-order chi connectivity index (χ1) is 11.6. The molecule has 130 valence electrons. The standard InChI is InChI=1S/C15H21N5O.CH2O2/c1-11-10-18(12-3-4-12)6-7-19(11)15(21)13-9-16-20-8-5-17(2)14(13)20;2-1-3/h5,8-9,11-12H,3-4,6-7,10H2,1-2H3;1H,(H,2,3). The molecule has 1 saturated carbocycles. The number of amides is 1. The summed E-state index contributed by atoms with van der Waals surface area (Å²) in [5, 5.41) is 11.2.